The summed E-state index contributed by atoms with van der Waals surface area (Å²) in [5.74, 6) is 0.450. The van der Waals surface area contributed by atoms with Crippen molar-refractivity contribution in [1.82, 2.24) is 14.9 Å². The van der Waals surface area contributed by atoms with E-state index in [9.17, 15) is 4.79 Å². The highest BCUT2D eigenvalue weighted by atomic mass is 16.5. The third kappa shape index (κ3) is 7.48. The molecule has 2 heterocycles. The van der Waals surface area contributed by atoms with Gasteiger partial charge in [0.1, 0.15) is 18.4 Å². The highest BCUT2D eigenvalue weighted by molar-refractivity contribution is 6.02. The summed E-state index contributed by atoms with van der Waals surface area (Å²) in [6, 6.07) is 26.0. The van der Waals surface area contributed by atoms with Gasteiger partial charge in [0.05, 0.1) is 24.6 Å². The minimum absolute atomic E-state index is 0.170. The molecule has 2 aromatic heterocycles. The van der Waals surface area contributed by atoms with Crippen molar-refractivity contribution in [3.05, 3.63) is 120 Å². The van der Waals surface area contributed by atoms with Crippen molar-refractivity contribution in [1.29, 1.82) is 0 Å². The zero-order valence-electron chi connectivity index (χ0n) is 24.1. The van der Waals surface area contributed by atoms with Crippen molar-refractivity contribution >= 4 is 28.5 Å². The second-order valence-corrected chi connectivity index (χ2v) is 10.4. The number of carbonyl (C=O) groups excluding carboxylic acids is 1. The molecule has 0 radical (unpaired) electrons. The number of aryl methyl sites for hydroxylation is 1. The molecular weight excluding hydrogens is 526 g/mol. The van der Waals surface area contributed by atoms with Gasteiger partial charge in [-0.3, -0.25) is 4.79 Å². The number of nitrogens with one attached hydrogen (secondary N) is 2. The van der Waals surface area contributed by atoms with Crippen molar-refractivity contribution in [3.63, 3.8) is 0 Å². The number of nitrogens with zero attached hydrogens (tertiary/aromatic N) is 3. The molecule has 1 amide bonds. The first kappa shape index (κ1) is 28.7. The second-order valence-electron chi connectivity index (χ2n) is 10.4. The topological polar surface area (TPSA) is 92.5 Å². The average Bonchev–Trinajstić information content (AvgIpc) is 3.42. The van der Waals surface area contributed by atoms with E-state index in [0.717, 1.165) is 27.6 Å². The lowest BCUT2D eigenvalue weighted by Crippen LogP contribution is -2.18. The Bertz CT molecular complexity index is 1660. The quantitative estimate of drug-likeness (QED) is 0.165. The van der Waals surface area contributed by atoms with Crippen molar-refractivity contribution in [2.45, 2.75) is 19.6 Å². The van der Waals surface area contributed by atoms with E-state index in [2.05, 4.69) is 57.9 Å². The molecule has 8 heteroatoms. The van der Waals surface area contributed by atoms with Gasteiger partial charge in [-0.15, -0.1) is 0 Å². The molecule has 0 aliphatic carbocycles. The first-order chi connectivity index (χ1) is 20.5. The molecule has 5 rings (SSSR count). The predicted molar refractivity (Wildman–Crippen MR) is 167 cm³/mol. The van der Waals surface area contributed by atoms with Crippen molar-refractivity contribution in [2.24, 2.45) is 0 Å². The number of likely N-dealkylation sites (N-methyl/N-ethyl adjacent to an activating group) is 1. The van der Waals surface area contributed by atoms with Gasteiger partial charge in [0, 0.05) is 23.9 Å². The van der Waals surface area contributed by atoms with Gasteiger partial charge in [-0.25, -0.2) is 9.97 Å². The van der Waals surface area contributed by atoms with E-state index >= 15 is 0 Å². The average molecular weight is 562 g/mol. The van der Waals surface area contributed by atoms with E-state index in [4.69, 9.17) is 9.15 Å². The van der Waals surface area contributed by atoms with Crippen LogP contribution in [-0.4, -0.2) is 48.0 Å². The van der Waals surface area contributed by atoms with Crippen molar-refractivity contribution < 1.29 is 13.9 Å². The number of aromatic nitrogens is 2. The summed E-state index contributed by atoms with van der Waals surface area (Å²) in [6.45, 7) is 3.70. The second kappa shape index (κ2) is 13.7. The fraction of sp³-hybridized carbons (Fsp3) is 0.206. The SMILES string of the molecule is Cc1cccc(COC[C@@H](Nc2ncnc3occ(-c4cccc(NC(=O)/C=C/CN(C)C)c4)c23)c2ccccc2)c1. The third-order valence-corrected chi connectivity index (χ3v) is 6.70. The van der Waals surface area contributed by atoms with Crippen LogP contribution in [0, 0.1) is 6.92 Å². The number of hydrogen-bond acceptors (Lipinski definition) is 7. The molecule has 5 aromatic rings. The van der Waals surface area contributed by atoms with Gasteiger partial charge in [-0.1, -0.05) is 78.4 Å². The van der Waals surface area contributed by atoms with Crippen molar-refractivity contribution in [3.8, 4) is 11.1 Å². The number of rotatable bonds is 12. The van der Waals surface area contributed by atoms with Crippen LogP contribution in [0.4, 0.5) is 11.5 Å². The molecule has 3 aromatic carbocycles. The monoisotopic (exact) mass is 561 g/mol. The molecule has 0 saturated heterocycles. The first-order valence-electron chi connectivity index (χ1n) is 13.9. The number of amides is 1. The van der Waals surface area contributed by atoms with Gasteiger partial charge in [0.25, 0.3) is 0 Å². The van der Waals surface area contributed by atoms with Crippen LogP contribution >= 0.6 is 0 Å². The lowest BCUT2D eigenvalue weighted by molar-refractivity contribution is -0.111. The Hall–Kier alpha value is -4.79. The summed E-state index contributed by atoms with van der Waals surface area (Å²) in [4.78, 5) is 23.4. The number of anilines is 2. The van der Waals surface area contributed by atoms with Gasteiger partial charge >= 0.3 is 0 Å². The molecule has 0 unspecified atom stereocenters. The summed E-state index contributed by atoms with van der Waals surface area (Å²) < 4.78 is 12.0. The van der Waals surface area contributed by atoms with Crippen LogP contribution < -0.4 is 10.6 Å². The van der Waals surface area contributed by atoms with Crippen molar-refractivity contribution in [2.75, 3.05) is 37.9 Å². The number of benzene rings is 3. The van der Waals surface area contributed by atoms with E-state index in [1.807, 2.05) is 73.6 Å². The molecule has 8 nitrogen and oxygen atoms in total. The molecule has 0 saturated carbocycles. The highest BCUT2D eigenvalue weighted by Crippen LogP contribution is 2.36. The summed E-state index contributed by atoms with van der Waals surface area (Å²) in [5.41, 5.74) is 6.24. The van der Waals surface area contributed by atoms with Crippen LogP contribution in [0.1, 0.15) is 22.7 Å². The zero-order chi connectivity index (χ0) is 29.3. The van der Waals surface area contributed by atoms with Crippen LogP contribution in [0.2, 0.25) is 0 Å². The molecule has 42 heavy (non-hydrogen) atoms. The zero-order valence-corrected chi connectivity index (χ0v) is 24.1. The van der Waals surface area contributed by atoms with Crippen LogP contribution in [0.15, 0.2) is 108 Å². The molecule has 0 spiro atoms. The summed E-state index contributed by atoms with van der Waals surface area (Å²) in [6.07, 6.45) is 6.53. The molecule has 0 fully saturated rings. The smallest absolute Gasteiger partial charge is 0.248 e. The van der Waals surface area contributed by atoms with Crippen LogP contribution in [-0.2, 0) is 16.1 Å². The Morgan fingerprint density at radius 1 is 1.02 bits per heavy atom. The molecule has 2 N–H and O–H groups in total. The molecule has 214 valence electrons. The summed E-state index contributed by atoms with van der Waals surface area (Å²) in [7, 11) is 3.91. The van der Waals surface area contributed by atoms with Crippen LogP contribution in [0.3, 0.4) is 0 Å². The summed E-state index contributed by atoms with van der Waals surface area (Å²) >= 11 is 0. The van der Waals surface area contributed by atoms with E-state index in [0.29, 0.717) is 37.0 Å². The fourth-order valence-corrected chi connectivity index (χ4v) is 4.68. The van der Waals surface area contributed by atoms with Gasteiger partial charge < -0.3 is 24.7 Å². The highest BCUT2D eigenvalue weighted by Gasteiger charge is 2.19. The molecule has 0 bridgehead atoms. The van der Waals surface area contributed by atoms with E-state index < -0.39 is 0 Å². The minimum Gasteiger partial charge on any atom is -0.445 e. The number of carbonyl (C=O) groups is 1. The lowest BCUT2D eigenvalue weighted by atomic mass is 10.0. The number of furan rings is 1. The molecule has 1 atom stereocenters. The Kier molecular flexibility index (Phi) is 9.38. The normalized spacial score (nSPS) is 12.2. The number of ether oxygens (including phenoxy) is 1. The van der Waals surface area contributed by atoms with Gasteiger partial charge in [0.2, 0.25) is 11.6 Å². The standard InChI is InChI=1S/C34H35N5O3/c1-24-10-7-11-25(18-24)20-41-22-30(26-12-5-4-6-13-26)38-33-32-29(21-42-34(32)36-23-35-33)27-14-8-15-28(19-27)37-31(40)16-9-17-39(2)3/h4-16,18-19,21,23,30H,17,20,22H2,1-3H3,(H,37,40)(H,35,36,38)/b16-9+/t30-/m1/s1. The van der Waals surface area contributed by atoms with Crippen LogP contribution in [0.25, 0.3) is 22.2 Å². The van der Waals surface area contributed by atoms with E-state index in [1.54, 1.807) is 12.3 Å². The maximum atomic E-state index is 12.4. The Labute approximate surface area is 246 Å². The minimum atomic E-state index is -0.187. The number of fused-ring (bicyclic) bond motifs is 1. The van der Waals surface area contributed by atoms with E-state index in [1.165, 1.54) is 11.9 Å². The van der Waals surface area contributed by atoms with Gasteiger partial charge in [-0.2, -0.15) is 0 Å². The summed E-state index contributed by atoms with van der Waals surface area (Å²) in [5, 5.41) is 7.28. The van der Waals surface area contributed by atoms with Gasteiger partial charge in [-0.05, 0) is 49.8 Å². The maximum absolute atomic E-state index is 12.4. The molecule has 0 aliphatic heterocycles. The maximum Gasteiger partial charge on any atom is 0.248 e. The van der Waals surface area contributed by atoms with Gasteiger partial charge in [0.15, 0.2) is 0 Å². The largest absolute Gasteiger partial charge is 0.445 e. The Morgan fingerprint density at radius 2 is 1.86 bits per heavy atom. The van der Waals surface area contributed by atoms with Crippen LogP contribution in [0.5, 0.6) is 0 Å². The Balaban J connectivity index is 1.39. The van der Waals surface area contributed by atoms with E-state index in [-0.39, 0.29) is 11.9 Å². The Morgan fingerprint density at radius 3 is 2.67 bits per heavy atom. The lowest BCUT2D eigenvalue weighted by Gasteiger charge is -2.20. The first-order valence-corrected chi connectivity index (χ1v) is 13.9. The third-order valence-electron chi connectivity index (χ3n) is 6.70. The predicted octanol–water partition coefficient (Wildman–Crippen LogP) is 6.62. The fourth-order valence-electron chi connectivity index (χ4n) is 4.68. The number of hydrogen-bond donors (Lipinski definition) is 2. The molecular formula is C34H35N5O3. The molecule has 0 aliphatic rings.